The van der Waals surface area contributed by atoms with Gasteiger partial charge in [0.25, 0.3) is 0 Å². The highest BCUT2D eigenvalue weighted by Gasteiger charge is 2.34. The minimum absolute atomic E-state index is 0.0706. The van der Waals surface area contributed by atoms with Crippen molar-refractivity contribution in [2.24, 2.45) is 0 Å². The van der Waals surface area contributed by atoms with E-state index in [9.17, 15) is 0 Å². The van der Waals surface area contributed by atoms with Crippen LogP contribution < -0.4 is 0 Å². The SMILES string of the molecule is CCC1=CC=CC1(CC)c1ccccc1-c1ccccc1. The molecule has 0 saturated heterocycles. The monoisotopic (exact) mass is 274 g/mol. The van der Waals surface area contributed by atoms with E-state index < -0.39 is 0 Å². The fourth-order valence-corrected chi connectivity index (χ4v) is 3.56. The Morgan fingerprint density at radius 1 is 0.857 bits per heavy atom. The molecule has 1 aliphatic rings. The Bertz CT molecular complexity index is 676. The van der Waals surface area contributed by atoms with E-state index >= 15 is 0 Å². The first kappa shape index (κ1) is 13.9. The zero-order valence-corrected chi connectivity index (χ0v) is 12.8. The molecule has 1 aliphatic carbocycles. The summed E-state index contributed by atoms with van der Waals surface area (Å²) in [6.07, 6.45) is 9.11. The molecule has 0 aliphatic heterocycles. The number of hydrogen-bond donors (Lipinski definition) is 0. The first-order chi connectivity index (χ1) is 10.3. The van der Waals surface area contributed by atoms with Crippen LogP contribution in [0.3, 0.4) is 0 Å². The predicted octanol–water partition coefficient (Wildman–Crippen LogP) is 5.91. The maximum atomic E-state index is 2.38. The Morgan fingerprint density at radius 3 is 2.29 bits per heavy atom. The molecule has 0 nitrogen and oxygen atoms in total. The van der Waals surface area contributed by atoms with E-state index in [2.05, 4.69) is 86.7 Å². The second-order valence-corrected chi connectivity index (χ2v) is 5.64. The zero-order valence-electron chi connectivity index (χ0n) is 12.8. The van der Waals surface area contributed by atoms with Gasteiger partial charge in [0.1, 0.15) is 0 Å². The van der Waals surface area contributed by atoms with Crippen LogP contribution in [0.25, 0.3) is 11.1 Å². The molecule has 0 amide bonds. The Balaban J connectivity index is 2.20. The van der Waals surface area contributed by atoms with E-state index in [-0.39, 0.29) is 5.41 Å². The van der Waals surface area contributed by atoms with E-state index in [1.165, 1.54) is 22.3 Å². The van der Waals surface area contributed by atoms with E-state index in [0.717, 1.165) is 12.8 Å². The minimum atomic E-state index is 0.0706. The van der Waals surface area contributed by atoms with Gasteiger partial charge in [0.05, 0.1) is 0 Å². The molecule has 0 fully saturated rings. The summed E-state index contributed by atoms with van der Waals surface area (Å²) in [6.45, 7) is 4.55. The normalized spacial score (nSPS) is 20.6. The van der Waals surface area contributed by atoms with Gasteiger partial charge in [0, 0.05) is 5.41 Å². The number of benzene rings is 2. The van der Waals surface area contributed by atoms with Crippen molar-refractivity contribution in [3.05, 3.63) is 84.0 Å². The summed E-state index contributed by atoms with van der Waals surface area (Å²) in [4.78, 5) is 0. The standard InChI is InChI=1S/C21H22/c1-3-18-13-10-16-21(18,4-2)20-15-9-8-14-19(20)17-11-6-5-7-12-17/h5-16H,3-4H2,1-2H3. The largest absolute Gasteiger partial charge is 0.0699 e. The molecule has 0 heteroatoms. The predicted molar refractivity (Wildman–Crippen MR) is 91.4 cm³/mol. The molecular weight excluding hydrogens is 252 g/mol. The Labute approximate surface area is 127 Å². The van der Waals surface area contributed by atoms with E-state index in [1.807, 2.05) is 0 Å². The van der Waals surface area contributed by atoms with Crippen molar-refractivity contribution in [2.45, 2.75) is 32.1 Å². The third kappa shape index (κ3) is 2.25. The van der Waals surface area contributed by atoms with Crippen molar-refractivity contribution >= 4 is 0 Å². The molecule has 106 valence electrons. The summed E-state index contributed by atoms with van der Waals surface area (Å²) in [5, 5.41) is 0. The van der Waals surface area contributed by atoms with E-state index in [1.54, 1.807) is 0 Å². The fourth-order valence-electron chi connectivity index (χ4n) is 3.56. The lowest BCUT2D eigenvalue weighted by Gasteiger charge is -2.32. The Morgan fingerprint density at radius 2 is 1.57 bits per heavy atom. The molecule has 0 saturated carbocycles. The van der Waals surface area contributed by atoms with Gasteiger partial charge in [-0.05, 0) is 29.5 Å². The molecule has 0 bridgehead atoms. The van der Waals surface area contributed by atoms with Crippen LogP contribution in [0, 0.1) is 0 Å². The summed E-state index contributed by atoms with van der Waals surface area (Å²) in [5.74, 6) is 0. The first-order valence-electron chi connectivity index (χ1n) is 7.85. The summed E-state index contributed by atoms with van der Waals surface area (Å²) in [7, 11) is 0. The average molecular weight is 274 g/mol. The zero-order chi connectivity index (χ0) is 14.7. The van der Waals surface area contributed by atoms with Crippen LogP contribution in [0.2, 0.25) is 0 Å². The third-order valence-corrected chi connectivity index (χ3v) is 4.68. The van der Waals surface area contributed by atoms with Gasteiger partial charge in [-0.25, -0.2) is 0 Å². The van der Waals surface area contributed by atoms with Crippen molar-refractivity contribution in [3.63, 3.8) is 0 Å². The number of allylic oxidation sites excluding steroid dienone is 4. The molecule has 2 aromatic carbocycles. The van der Waals surface area contributed by atoms with Gasteiger partial charge in [-0.15, -0.1) is 0 Å². The van der Waals surface area contributed by atoms with Gasteiger partial charge in [-0.3, -0.25) is 0 Å². The molecule has 21 heavy (non-hydrogen) atoms. The van der Waals surface area contributed by atoms with E-state index in [0.29, 0.717) is 0 Å². The topological polar surface area (TPSA) is 0 Å². The van der Waals surface area contributed by atoms with Crippen molar-refractivity contribution in [2.75, 3.05) is 0 Å². The average Bonchev–Trinajstić information content (AvgIpc) is 3.00. The van der Waals surface area contributed by atoms with Crippen LogP contribution in [0.5, 0.6) is 0 Å². The van der Waals surface area contributed by atoms with Gasteiger partial charge in [-0.1, -0.05) is 92.2 Å². The molecular formula is C21H22. The Hall–Kier alpha value is -2.08. The first-order valence-corrected chi connectivity index (χ1v) is 7.85. The smallest absolute Gasteiger partial charge is 0.0350 e. The molecule has 1 atom stereocenters. The fraction of sp³-hybridized carbons (Fsp3) is 0.238. The van der Waals surface area contributed by atoms with Crippen LogP contribution in [0.4, 0.5) is 0 Å². The molecule has 0 spiro atoms. The maximum Gasteiger partial charge on any atom is 0.0350 e. The van der Waals surface area contributed by atoms with Gasteiger partial charge in [0.2, 0.25) is 0 Å². The molecule has 0 heterocycles. The van der Waals surface area contributed by atoms with E-state index in [4.69, 9.17) is 0 Å². The van der Waals surface area contributed by atoms with Gasteiger partial charge >= 0.3 is 0 Å². The minimum Gasteiger partial charge on any atom is -0.0699 e. The quantitative estimate of drug-likeness (QED) is 0.650. The van der Waals surface area contributed by atoms with Gasteiger partial charge < -0.3 is 0 Å². The van der Waals surface area contributed by atoms with Crippen LogP contribution in [0.15, 0.2) is 78.4 Å². The van der Waals surface area contributed by atoms with Crippen molar-refractivity contribution in [1.29, 1.82) is 0 Å². The van der Waals surface area contributed by atoms with Crippen LogP contribution >= 0.6 is 0 Å². The van der Waals surface area contributed by atoms with Crippen LogP contribution in [0.1, 0.15) is 32.3 Å². The summed E-state index contributed by atoms with van der Waals surface area (Å²) < 4.78 is 0. The van der Waals surface area contributed by atoms with Crippen molar-refractivity contribution in [3.8, 4) is 11.1 Å². The van der Waals surface area contributed by atoms with Gasteiger partial charge in [-0.2, -0.15) is 0 Å². The molecule has 0 N–H and O–H groups in total. The highest BCUT2D eigenvalue weighted by Crippen LogP contribution is 2.45. The third-order valence-electron chi connectivity index (χ3n) is 4.68. The second-order valence-electron chi connectivity index (χ2n) is 5.64. The van der Waals surface area contributed by atoms with Crippen molar-refractivity contribution in [1.82, 2.24) is 0 Å². The van der Waals surface area contributed by atoms with Gasteiger partial charge in [0.15, 0.2) is 0 Å². The lowest BCUT2D eigenvalue weighted by molar-refractivity contribution is 0.595. The maximum absolute atomic E-state index is 2.38. The lowest BCUT2D eigenvalue weighted by atomic mass is 9.71. The summed E-state index contributed by atoms with van der Waals surface area (Å²) >= 11 is 0. The molecule has 0 radical (unpaired) electrons. The summed E-state index contributed by atoms with van der Waals surface area (Å²) in [6, 6.07) is 19.6. The number of rotatable bonds is 4. The lowest BCUT2D eigenvalue weighted by Crippen LogP contribution is -2.24. The summed E-state index contributed by atoms with van der Waals surface area (Å²) in [5.41, 5.74) is 5.68. The van der Waals surface area contributed by atoms with Crippen LogP contribution in [-0.2, 0) is 5.41 Å². The molecule has 2 aromatic rings. The molecule has 0 aromatic heterocycles. The molecule has 3 rings (SSSR count). The van der Waals surface area contributed by atoms with Crippen molar-refractivity contribution < 1.29 is 0 Å². The number of hydrogen-bond acceptors (Lipinski definition) is 0. The molecule has 1 unspecified atom stereocenters. The highest BCUT2D eigenvalue weighted by atomic mass is 14.4. The van der Waals surface area contributed by atoms with Crippen LogP contribution in [-0.4, -0.2) is 0 Å². The highest BCUT2D eigenvalue weighted by molar-refractivity contribution is 5.71. The Kier molecular flexibility index (Phi) is 3.79. The second kappa shape index (κ2) is 5.73.